The third-order valence-corrected chi connectivity index (χ3v) is 3.01. The van der Waals surface area contributed by atoms with Crippen LogP contribution >= 0.6 is 0 Å². The van der Waals surface area contributed by atoms with E-state index in [9.17, 15) is 0 Å². The molecule has 15 heavy (non-hydrogen) atoms. The molecular weight excluding hydrogens is 182 g/mol. The molecule has 1 aromatic carbocycles. The highest BCUT2D eigenvalue weighted by Gasteiger charge is 2.16. The fourth-order valence-corrected chi connectivity index (χ4v) is 2.14. The van der Waals surface area contributed by atoms with Crippen molar-refractivity contribution < 1.29 is 0 Å². The van der Waals surface area contributed by atoms with Crippen LogP contribution in [0.3, 0.4) is 0 Å². The SMILES string of the molecule is C=Cc1ccc(C2CCCN2)cc1C=C. The Balaban J connectivity index is 2.33. The topological polar surface area (TPSA) is 12.0 Å². The molecule has 1 saturated heterocycles. The van der Waals surface area contributed by atoms with Crippen molar-refractivity contribution in [3.05, 3.63) is 48.0 Å². The van der Waals surface area contributed by atoms with E-state index in [-0.39, 0.29) is 0 Å². The lowest BCUT2D eigenvalue weighted by Gasteiger charge is -2.12. The Morgan fingerprint density at radius 1 is 1.20 bits per heavy atom. The quantitative estimate of drug-likeness (QED) is 0.786. The average molecular weight is 199 g/mol. The number of rotatable bonds is 3. The molecule has 0 aromatic heterocycles. The third-order valence-electron chi connectivity index (χ3n) is 3.01. The molecule has 2 rings (SSSR count). The van der Waals surface area contributed by atoms with Crippen LogP contribution in [0.25, 0.3) is 12.2 Å². The number of benzene rings is 1. The number of hydrogen-bond donors (Lipinski definition) is 1. The summed E-state index contributed by atoms with van der Waals surface area (Å²) in [4.78, 5) is 0. The van der Waals surface area contributed by atoms with Crippen LogP contribution in [0.1, 0.15) is 35.6 Å². The molecule has 0 bridgehead atoms. The summed E-state index contributed by atoms with van der Waals surface area (Å²) in [5.74, 6) is 0. The van der Waals surface area contributed by atoms with Crippen LogP contribution in [0.4, 0.5) is 0 Å². The first-order valence-electron chi connectivity index (χ1n) is 5.47. The summed E-state index contributed by atoms with van der Waals surface area (Å²) in [6.45, 7) is 8.78. The Morgan fingerprint density at radius 3 is 2.60 bits per heavy atom. The fraction of sp³-hybridized carbons (Fsp3) is 0.286. The molecule has 1 heteroatoms. The van der Waals surface area contributed by atoms with Gasteiger partial charge in [0.15, 0.2) is 0 Å². The Hall–Kier alpha value is -1.34. The largest absolute Gasteiger partial charge is 0.310 e. The van der Waals surface area contributed by atoms with Crippen LogP contribution in [0.5, 0.6) is 0 Å². The van der Waals surface area contributed by atoms with Crippen molar-refractivity contribution in [3.63, 3.8) is 0 Å². The van der Waals surface area contributed by atoms with E-state index in [1.807, 2.05) is 12.2 Å². The van der Waals surface area contributed by atoms with E-state index < -0.39 is 0 Å². The minimum Gasteiger partial charge on any atom is -0.310 e. The molecule has 78 valence electrons. The standard InChI is InChI=1S/C14H17N/c1-3-11-7-8-13(10-12(11)4-2)14-6-5-9-15-14/h3-4,7-8,10,14-15H,1-2,5-6,9H2. The highest BCUT2D eigenvalue weighted by molar-refractivity contribution is 5.64. The van der Waals surface area contributed by atoms with E-state index in [0.29, 0.717) is 6.04 Å². The van der Waals surface area contributed by atoms with Gasteiger partial charge in [-0.05, 0) is 42.1 Å². The van der Waals surface area contributed by atoms with Crippen molar-refractivity contribution in [1.82, 2.24) is 5.32 Å². The van der Waals surface area contributed by atoms with Crippen molar-refractivity contribution >= 4 is 12.2 Å². The van der Waals surface area contributed by atoms with Crippen LogP contribution in [0, 0.1) is 0 Å². The molecule has 0 saturated carbocycles. The monoisotopic (exact) mass is 199 g/mol. The Labute approximate surface area is 91.5 Å². The molecule has 1 aliphatic rings. The molecule has 0 aliphatic carbocycles. The third kappa shape index (κ3) is 2.02. The van der Waals surface area contributed by atoms with Gasteiger partial charge in [0.05, 0.1) is 0 Å². The highest BCUT2D eigenvalue weighted by Crippen LogP contribution is 2.25. The van der Waals surface area contributed by atoms with Crippen molar-refractivity contribution in [3.8, 4) is 0 Å². The van der Waals surface area contributed by atoms with Crippen LogP contribution in [0.15, 0.2) is 31.4 Å². The van der Waals surface area contributed by atoms with Gasteiger partial charge < -0.3 is 5.32 Å². The molecule has 0 radical (unpaired) electrons. The molecule has 1 aliphatic heterocycles. The Morgan fingerprint density at radius 2 is 2.00 bits per heavy atom. The van der Waals surface area contributed by atoms with Gasteiger partial charge in [-0.3, -0.25) is 0 Å². The van der Waals surface area contributed by atoms with Crippen LogP contribution in [-0.4, -0.2) is 6.54 Å². The van der Waals surface area contributed by atoms with Gasteiger partial charge in [-0.15, -0.1) is 0 Å². The zero-order valence-corrected chi connectivity index (χ0v) is 9.00. The lowest BCUT2D eigenvalue weighted by Crippen LogP contribution is -2.12. The van der Waals surface area contributed by atoms with Gasteiger partial charge in [0, 0.05) is 6.04 Å². The molecular formula is C14H17N. The second-order valence-electron chi connectivity index (χ2n) is 3.95. The molecule has 1 aromatic rings. The van der Waals surface area contributed by atoms with Gasteiger partial charge in [0.2, 0.25) is 0 Å². The summed E-state index contributed by atoms with van der Waals surface area (Å²) < 4.78 is 0. The maximum atomic E-state index is 3.84. The van der Waals surface area contributed by atoms with Crippen molar-refractivity contribution in [2.45, 2.75) is 18.9 Å². The molecule has 1 fully saturated rings. The van der Waals surface area contributed by atoms with Gasteiger partial charge in [-0.1, -0.05) is 37.4 Å². The van der Waals surface area contributed by atoms with Gasteiger partial charge in [0.25, 0.3) is 0 Å². The van der Waals surface area contributed by atoms with E-state index in [4.69, 9.17) is 0 Å². The Kier molecular flexibility index (Phi) is 3.02. The molecule has 1 nitrogen and oxygen atoms in total. The predicted octanol–water partition coefficient (Wildman–Crippen LogP) is 3.40. The predicted molar refractivity (Wildman–Crippen MR) is 66.6 cm³/mol. The molecule has 1 heterocycles. The van der Waals surface area contributed by atoms with Gasteiger partial charge in [-0.2, -0.15) is 0 Å². The van der Waals surface area contributed by atoms with Crippen LogP contribution in [0.2, 0.25) is 0 Å². The van der Waals surface area contributed by atoms with Gasteiger partial charge in [0.1, 0.15) is 0 Å². The first-order chi connectivity index (χ1) is 7.35. The molecule has 1 N–H and O–H groups in total. The summed E-state index contributed by atoms with van der Waals surface area (Å²) in [6.07, 6.45) is 6.29. The zero-order chi connectivity index (χ0) is 10.7. The maximum absolute atomic E-state index is 3.84. The van der Waals surface area contributed by atoms with Crippen molar-refractivity contribution in [2.75, 3.05) is 6.54 Å². The van der Waals surface area contributed by atoms with Crippen molar-refractivity contribution in [1.29, 1.82) is 0 Å². The van der Waals surface area contributed by atoms with E-state index in [1.165, 1.54) is 24.0 Å². The summed E-state index contributed by atoms with van der Waals surface area (Å²) in [5.41, 5.74) is 3.70. The first-order valence-corrected chi connectivity index (χ1v) is 5.47. The van der Waals surface area contributed by atoms with E-state index in [2.05, 4.69) is 36.7 Å². The second-order valence-corrected chi connectivity index (χ2v) is 3.95. The highest BCUT2D eigenvalue weighted by atomic mass is 14.9. The van der Waals surface area contributed by atoms with E-state index in [0.717, 1.165) is 12.1 Å². The van der Waals surface area contributed by atoms with Crippen molar-refractivity contribution in [2.24, 2.45) is 0 Å². The molecule has 0 spiro atoms. The minimum absolute atomic E-state index is 0.530. The van der Waals surface area contributed by atoms with Gasteiger partial charge in [-0.25, -0.2) is 0 Å². The number of nitrogens with one attached hydrogen (secondary N) is 1. The summed E-state index contributed by atoms with van der Waals surface area (Å²) in [7, 11) is 0. The molecule has 1 unspecified atom stereocenters. The van der Waals surface area contributed by atoms with E-state index >= 15 is 0 Å². The maximum Gasteiger partial charge on any atom is 0.0320 e. The minimum atomic E-state index is 0.530. The lowest BCUT2D eigenvalue weighted by molar-refractivity contribution is 0.647. The van der Waals surface area contributed by atoms with Crippen LogP contribution < -0.4 is 5.32 Å². The van der Waals surface area contributed by atoms with Crippen LogP contribution in [-0.2, 0) is 0 Å². The van der Waals surface area contributed by atoms with E-state index in [1.54, 1.807) is 0 Å². The lowest BCUT2D eigenvalue weighted by atomic mass is 9.99. The first kappa shape index (κ1) is 10.2. The number of hydrogen-bond acceptors (Lipinski definition) is 1. The zero-order valence-electron chi connectivity index (χ0n) is 9.00. The second kappa shape index (κ2) is 4.45. The summed E-state index contributed by atoms with van der Waals surface area (Å²) in [6, 6.07) is 7.06. The summed E-state index contributed by atoms with van der Waals surface area (Å²) >= 11 is 0. The summed E-state index contributed by atoms with van der Waals surface area (Å²) in [5, 5.41) is 3.50. The normalized spacial score (nSPS) is 20.1. The molecule has 0 amide bonds. The smallest absolute Gasteiger partial charge is 0.0320 e. The Bertz CT molecular complexity index is 373. The average Bonchev–Trinajstić information content (AvgIpc) is 2.81. The molecule has 1 atom stereocenters. The van der Waals surface area contributed by atoms with Gasteiger partial charge >= 0.3 is 0 Å². The fourth-order valence-electron chi connectivity index (χ4n) is 2.14.